The molecule has 1 aliphatic heterocycles. The number of nitrogens with zero attached hydrogens (tertiary/aromatic N) is 2. The minimum Gasteiger partial charge on any atom is -0.341 e. The van der Waals surface area contributed by atoms with Crippen molar-refractivity contribution in [3.05, 3.63) is 35.9 Å². The van der Waals surface area contributed by atoms with Crippen molar-refractivity contribution >= 4 is 5.91 Å². The van der Waals surface area contributed by atoms with E-state index >= 15 is 0 Å². The van der Waals surface area contributed by atoms with Crippen molar-refractivity contribution in [2.45, 2.75) is 25.3 Å². The molecule has 1 aromatic carbocycles. The summed E-state index contributed by atoms with van der Waals surface area (Å²) >= 11 is 0. The lowest BCUT2D eigenvalue weighted by molar-refractivity contribution is -0.131. The summed E-state index contributed by atoms with van der Waals surface area (Å²) in [4.78, 5) is 16.3. The van der Waals surface area contributed by atoms with Crippen LogP contribution < -0.4 is 5.32 Å². The normalized spacial score (nSPS) is 16.4. The zero-order valence-electron chi connectivity index (χ0n) is 13.2. The van der Waals surface area contributed by atoms with Gasteiger partial charge in [-0.15, -0.1) is 0 Å². The van der Waals surface area contributed by atoms with Crippen molar-refractivity contribution in [3.63, 3.8) is 0 Å². The van der Waals surface area contributed by atoms with Crippen LogP contribution in [-0.2, 0) is 11.2 Å². The van der Waals surface area contributed by atoms with Gasteiger partial charge in [-0.3, -0.25) is 4.79 Å². The molecule has 116 valence electrons. The van der Waals surface area contributed by atoms with Crippen LogP contribution in [0.15, 0.2) is 30.3 Å². The van der Waals surface area contributed by atoms with Gasteiger partial charge in [0.15, 0.2) is 0 Å². The van der Waals surface area contributed by atoms with Crippen LogP contribution in [0.4, 0.5) is 0 Å². The lowest BCUT2D eigenvalue weighted by Gasteiger charge is -2.36. The molecular formula is C17H27N3O. The highest BCUT2D eigenvalue weighted by Gasteiger charge is 2.24. The van der Waals surface area contributed by atoms with E-state index in [1.54, 1.807) is 0 Å². The Morgan fingerprint density at radius 1 is 1.29 bits per heavy atom. The standard InChI is InChI=1S/C17H27N3O/c1-18-14-17(21)20-12-9-16(10-13-20)19(2)11-8-15-6-4-3-5-7-15/h3-7,16,18H,8-14H2,1-2H3. The van der Waals surface area contributed by atoms with Crippen LogP contribution in [-0.4, -0.2) is 62.0 Å². The van der Waals surface area contributed by atoms with Crippen LogP contribution in [0.2, 0.25) is 0 Å². The van der Waals surface area contributed by atoms with Gasteiger partial charge in [0.1, 0.15) is 0 Å². The van der Waals surface area contributed by atoms with Gasteiger partial charge in [0.2, 0.25) is 5.91 Å². The number of hydrogen-bond donors (Lipinski definition) is 1. The smallest absolute Gasteiger partial charge is 0.236 e. The Morgan fingerprint density at radius 3 is 2.57 bits per heavy atom. The quantitative estimate of drug-likeness (QED) is 0.859. The molecule has 4 heteroatoms. The van der Waals surface area contributed by atoms with Crippen LogP contribution in [0.3, 0.4) is 0 Å². The average Bonchev–Trinajstić information content (AvgIpc) is 2.54. The SMILES string of the molecule is CNCC(=O)N1CCC(N(C)CCc2ccccc2)CC1. The fourth-order valence-corrected chi connectivity index (χ4v) is 2.95. The Morgan fingerprint density at radius 2 is 1.95 bits per heavy atom. The largest absolute Gasteiger partial charge is 0.341 e. The van der Waals surface area contributed by atoms with E-state index in [0.717, 1.165) is 38.9 Å². The third-order valence-electron chi connectivity index (χ3n) is 4.36. The maximum atomic E-state index is 11.8. The first-order chi connectivity index (χ1) is 10.2. The second-order valence-electron chi connectivity index (χ2n) is 5.86. The van der Waals surface area contributed by atoms with Crippen LogP contribution in [0.25, 0.3) is 0 Å². The zero-order chi connectivity index (χ0) is 15.1. The van der Waals surface area contributed by atoms with Gasteiger partial charge in [0, 0.05) is 25.7 Å². The summed E-state index contributed by atoms with van der Waals surface area (Å²) in [7, 11) is 4.03. The first-order valence-electron chi connectivity index (χ1n) is 7.87. The molecule has 0 aliphatic carbocycles. The summed E-state index contributed by atoms with van der Waals surface area (Å²) in [6.45, 7) is 3.31. The lowest BCUT2D eigenvalue weighted by atomic mass is 10.0. The molecule has 0 spiro atoms. The minimum absolute atomic E-state index is 0.225. The number of carbonyl (C=O) groups is 1. The summed E-state index contributed by atoms with van der Waals surface area (Å²) in [5.41, 5.74) is 1.39. The number of piperidine rings is 1. The summed E-state index contributed by atoms with van der Waals surface area (Å²) < 4.78 is 0. The Balaban J connectivity index is 1.73. The second kappa shape index (κ2) is 8.15. The number of nitrogens with one attached hydrogen (secondary N) is 1. The number of rotatable bonds is 6. The lowest BCUT2D eigenvalue weighted by Crippen LogP contribution is -2.47. The molecule has 4 nitrogen and oxygen atoms in total. The van der Waals surface area contributed by atoms with Gasteiger partial charge in [-0.2, -0.15) is 0 Å². The van der Waals surface area contributed by atoms with E-state index in [0.29, 0.717) is 12.6 Å². The maximum Gasteiger partial charge on any atom is 0.236 e. The van der Waals surface area contributed by atoms with Crippen molar-refractivity contribution in [2.24, 2.45) is 0 Å². The number of benzene rings is 1. The molecule has 21 heavy (non-hydrogen) atoms. The van der Waals surface area contributed by atoms with E-state index in [2.05, 4.69) is 47.6 Å². The van der Waals surface area contributed by atoms with Crippen LogP contribution in [0, 0.1) is 0 Å². The van der Waals surface area contributed by atoms with E-state index in [1.165, 1.54) is 5.56 Å². The van der Waals surface area contributed by atoms with Gasteiger partial charge >= 0.3 is 0 Å². The van der Waals surface area contributed by atoms with Gasteiger partial charge in [0.25, 0.3) is 0 Å². The Kier molecular flexibility index (Phi) is 6.21. The third-order valence-corrected chi connectivity index (χ3v) is 4.36. The first-order valence-corrected chi connectivity index (χ1v) is 7.87. The Labute approximate surface area is 128 Å². The average molecular weight is 289 g/mol. The molecule has 1 amide bonds. The highest BCUT2D eigenvalue weighted by Crippen LogP contribution is 2.16. The highest BCUT2D eigenvalue weighted by molar-refractivity contribution is 5.78. The molecular weight excluding hydrogens is 262 g/mol. The molecule has 0 unspecified atom stereocenters. The minimum atomic E-state index is 0.225. The summed E-state index contributed by atoms with van der Waals surface area (Å²) in [5, 5.41) is 2.94. The topological polar surface area (TPSA) is 35.6 Å². The highest BCUT2D eigenvalue weighted by atomic mass is 16.2. The van der Waals surface area contributed by atoms with Gasteiger partial charge in [-0.25, -0.2) is 0 Å². The van der Waals surface area contributed by atoms with Crippen molar-refractivity contribution in [3.8, 4) is 0 Å². The van der Waals surface area contributed by atoms with E-state index in [-0.39, 0.29) is 5.91 Å². The summed E-state index contributed by atoms with van der Waals surface area (Å²) in [6.07, 6.45) is 3.26. The van der Waals surface area contributed by atoms with Crippen molar-refractivity contribution in [2.75, 3.05) is 40.3 Å². The molecule has 0 aromatic heterocycles. The second-order valence-corrected chi connectivity index (χ2v) is 5.86. The van der Waals surface area contributed by atoms with E-state index in [4.69, 9.17) is 0 Å². The molecule has 0 atom stereocenters. The number of carbonyl (C=O) groups excluding carboxylic acids is 1. The van der Waals surface area contributed by atoms with Crippen molar-refractivity contribution in [1.29, 1.82) is 0 Å². The Bertz CT molecular complexity index is 427. The number of likely N-dealkylation sites (N-methyl/N-ethyl adjacent to an activating group) is 2. The molecule has 1 heterocycles. The number of amides is 1. The Hall–Kier alpha value is -1.39. The predicted octanol–water partition coefficient (Wildman–Crippen LogP) is 1.37. The van der Waals surface area contributed by atoms with Crippen LogP contribution in [0.5, 0.6) is 0 Å². The molecule has 1 aromatic rings. The van der Waals surface area contributed by atoms with Gasteiger partial charge in [0.05, 0.1) is 6.54 Å². The van der Waals surface area contributed by atoms with E-state index in [9.17, 15) is 4.79 Å². The molecule has 1 saturated heterocycles. The molecule has 1 fully saturated rings. The predicted molar refractivity (Wildman–Crippen MR) is 86.3 cm³/mol. The van der Waals surface area contributed by atoms with E-state index in [1.807, 2.05) is 11.9 Å². The first kappa shape index (κ1) is 16.0. The summed E-state index contributed by atoms with van der Waals surface area (Å²) in [5.74, 6) is 0.225. The van der Waals surface area contributed by atoms with Crippen molar-refractivity contribution in [1.82, 2.24) is 15.1 Å². The molecule has 1 N–H and O–H groups in total. The zero-order valence-corrected chi connectivity index (χ0v) is 13.2. The molecule has 0 bridgehead atoms. The fourth-order valence-electron chi connectivity index (χ4n) is 2.95. The van der Waals surface area contributed by atoms with Gasteiger partial charge in [-0.05, 0) is 38.9 Å². The van der Waals surface area contributed by atoms with Crippen LogP contribution >= 0.6 is 0 Å². The van der Waals surface area contributed by atoms with Crippen molar-refractivity contribution < 1.29 is 4.79 Å². The molecule has 1 aliphatic rings. The molecule has 0 radical (unpaired) electrons. The van der Waals surface area contributed by atoms with Crippen LogP contribution in [0.1, 0.15) is 18.4 Å². The molecule has 2 rings (SSSR count). The molecule has 0 saturated carbocycles. The number of likely N-dealkylation sites (tertiary alicyclic amines) is 1. The van der Waals surface area contributed by atoms with Gasteiger partial charge in [-0.1, -0.05) is 30.3 Å². The fraction of sp³-hybridized carbons (Fsp3) is 0.588. The number of hydrogen-bond acceptors (Lipinski definition) is 3. The monoisotopic (exact) mass is 289 g/mol. The summed E-state index contributed by atoms with van der Waals surface area (Å²) in [6, 6.07) is 11.2. The van der Waals surface area contributed by atoms with Gasteiger partial charge < -0.3 is 15.1 Å². The van der Waals surface area contributed by atoms with E-state index < -0.39 is 0 Å². The third kappa shape index (κ3) is 4.83. The maximum absolute atomic E-state index is 11.8.